The van der Waals surface area contributed by atoms with E-state index in [1.165, 1.54) is 5.01 Å². The fraction of sp³-hybridized carbons (Fsp3) is 0.357. The molecule has 5 nitrogen and oxygen atoms in total. The first-order chi connectivity index (χ1) is 8.84. The molecule has 0 N–H and O–H groups in total. The van der Waals surface area contributed by atoms with Crippen molar-refractivity contribution in [3.05, 3.63) is 29.8 Å². The molecule has 1 aliphatic heterocycles. The van der Waals surface area contributed by atoms with Crippen LogP contribution in [0.15, 0.2) is 29.4 Å². The van der Waals surface area contributed by atoms with Crippen LogP contribution in [-0.4, -0.2) is 35.1 Å². The third kappa shape index (κ3) is 2.36. The third-order valence-corrected chi connectivity index (χ3v) is 2.78. The summed E-state index contributed by atoms with van der Waals surface area (Å²) in [7, 11) is 1.55. The molecule has 0 atom stereocenters. The van der Waals surface area contributed by atoms with Crippen LogP contribution < -0.4 is 4.74 Å². The number of carbonyl (C=O) groups excluding carboxylic acids is 2. The van der Waals surface area contributed by atoms with Crippen molar-refractivity contribution in [2.24, 2.45) is 5.10 Å². The normalized spacial score (nSPS) is 15.8. The van der Waals surface area contributed by atoms with Crippen LogP contribution in [0.25, 0.3) is 0 Å². The fourth-order valence-corrected chi connectivity index (χ4v) is 1.80. The average molecular weight is 260 g/mol. The molecule has 0 saturated heterocycles. The van der Waals surface area contributed by atoms with Gasteiger partial charge < -0.3 is 4.74 Å². The molecule has 0 saturated carbocycles. The molecule has 2 rings (SSSR count). The molecule has 5 heteroatoms. The van der Waals surface area contributed by atoms with Crippen LogP contribution in [0, 0.1) is 0 Å². The summed E-state index contributed by atoms with van der Waals surface area (Å²) < 4.78 is 5.11. The second-order valence-corrected chi connectivity index (χ2v) is 5.30. The Morgan fingerprint density at radius 3 is 2.42 bits per heavy atom. The van der Waals surface area contributed by atoms with Gasteiger partial charge in [0.05, 0.1) is 12.6 Å². The van der Waals surface area contributed by atoms with E-state index in [0.717, 1.165) is 0 Å². The quantitative estimate of drug-likeness (QED) is 0.759. The van der Waals surface area contributed by atoms with Crippen molar-refractivity contribution in [2.45, 2.75) is 26.3 Å². The van der Waals surface area contributed by atoms with Crippen molar-refractivity contribution in [1.82, 2.24) is 5.01 Å². The zero-order valence-electron chi connectivity index (χ0n) is 11.4. The van der Waals surface area contributed by atoms with E-state index >= 15 is 0 Å². The van der Waals surface area contributed by atoms with Gasteiger partial charge in [0.15, 0.2) is 0 Å². The van der Waals surface area contributed by atoms with E-state index in [1.54, 1.807) is 31.4 Å². The smallest absolute Gasteiger partial charge is 0.317 e. The lowest BCUT2D eigenvalue weighted by molar-refractivity contribution is -0.142. The maximum absolute atomic E-state index is 12.0. The molecule has 1 heterocycles. The molecule has 0 bridgehead atoms. The van der Waals surface area contributed by atoms with Gasteiger partial charge in [-0.1, -0.05) is 12.1 Å². The molecular weight excluding hydrogens is 244 g/mol. The molecule has 0 aliphatic carbocycles. The maximum atomic E-state index is 12.0. The first-order valence-electron chi connectivity index (χ1n) is 5.96. The number of hydrogen-bond acceptors (Lipinski definition) is 4. The van der Waals surface area contributed by atoms with Crippen LogP contribution in [0.4, 0.5) is 0 Å². The molecule has 0 spiro atoms. The van der Waals surface area contributed by atoms with Gasteiger partial charge in [0.1, 0.15) is 11.5 Å². The molecule has 19 heavy (non-hydrogen) atoms. The average Bonchev–Trinajstić information content (AvgIpc) is 2.66. The van der Waals surface area contributed by atoms with E-state index in [1.807, 2.05) is 20.8 Å². The van der Waals surface area contributed by atoms with E-state index in [4.69, 9.17) is 4.74 Å². The summed E-state index contributed by atoms with van der Waals surface area (Å²) in [5, 5.41) is 5.39. The van der Waals surface area contributed by atoms with Gasteiger partial charge in [-0.05, 0) is 32.9 Å². The molecule has 1 amide bonds. The van der Waals surface area contributed by atoms with Crippen LogP contribution in [0.1, 0.15) is 26.3 Å². The van der Waals surface area contributed by atoms with E-state index < -0.39 is 17.2 Å². The first kappa shape index (κ1) is 13.3. The molecular formula is C14H16N2O3. The maximum Gasteiger partial charge on any atom is 0.317 e. The number of nitrogens with zero attached hydrogens (tertiary/aromatic N) is 2. The summed E-state index contributed by atoms with van der Waals surface area (Å²) in [6.07, 6.45) is 0. The number of amides is 1. The van der Waals surface area contributed by atoms with Gasteiger partial charge >= 0.3 is 5.91 Å². The summed E-state index contributed by atoms with van der Waals surface area (Å²) in [5.41, 5.74) is 0.233. The largest absolute Gasteiger partial charge is 0.497 e. The van der Waals surface area contributed by atoms with Gasteiger partial charge in [0.2, 0.25) is 0 Å². The van der Waals surface area contributed by atoms with Crippen molar-refractivity contribution >= 4 is 17.4 Å². The highest BCUT2D eigenvalue weighted by Gasteiger charge is 2.40. The second-order valence-electron chi connectivity index (χ2n) is 5.30. The highest BCUT2D eigenvalue weighted by atomic mass is 16.5. The standard InChI is InChI=1S/C14H16N2O3/c1-14(2,3)16-13(18)12(17)11(15-16)9-6-5-7-10(8-9)19-4/h5-8H,1-4H3. The Balaban J connectivity index is 2.44. The van der Waals surface area contributed by atoms with Gasteiger partial charge in [-0.2, -0.15) is 5.10 Å². The number of ether oxygens (including phenoxy) is 1. The molecule has 0 fully saturated rings. The van der Waals surface area contributed by atoms with Crippen LogP contribution in [-0.2, 0) is 9.59 Å². The van der Waals surface area contributed by atoms with Crippen molar-refractivity contribution < 1.29 is 14.3 Å². The number of hydrazone groups is 1. The first-order valence-corrected chi connectivity index (χ1v) is 5.96. The number of benzene rings is 1. The number of methoxy groups -OCH3 is 1. The number of carbonyl (C=O) groups is 2. The molecule has 0 radical (unpaired) electrons. The Morgan fingerprint density at radius 2 is 1.89 bits per heavy atom. The minimum absolute atomic E-state index is 0.166. The summed E-state index contributed by atoms with van der Waals surface area (Å²) in [4.78, 5) is 23.9. The second kappa shape index (κ2) is 4.50. The predicted octanol–water partition coefficient (Wildman–Crippen LogP) is 1.61. The third-order valence-electron chi connectivity index (χ3n) is 2.78. The van der Waals surface area contributed by atoms with Crippen LogP contribution in [0.5, 0.6) is 5.75 Å². The van der Waals surface area contributed by atoms with Gasteiger partial charge in [0.25, 0.3) is 5.78 Å². The molecule has 100 valence electrons. The van der Waals surface area contributed by atoms with E-state index in [-0.39, 0.29) is 5.71 Å². The van der Waals surface area contributed by atoms with Crippen LogP contribution in [0.2, 0.25) is 0 Å². The SMILES string of the molecule is COc1cccc(C2=NN(C(C)(C)C)C(=O)C2=O)c1. The minimum atomic E-state index is -0.592. The summed E-state index contributed by atoms with van der Waals surface area (Å²) in [5.74, 6) is -0.553. The van der Waals surface area contributed by atoms with E-state index in [2.05, 4.69) is 5.10 Å². The summed E-state index contributed by atoms with van der Waals surface area (Å²) in [6.45, 7) is 5.49. The summed E-state index contributed by atoms with van der Waals surface area (Å²) in [6, 6.07) is 6.95. The van der Waals surface area contributed by atoms with Gasteiger partial charge in [-0.25, -0.2) is 5.01 Å². The Morgan fingerprint density at radius 1 is 1.21 bits per heavy atom. The highest BCUT2D eigenvalue weighted by Crippen LogP contribution is 2.23. The lowest BCUT2D eigenvalue weighted by atomic mass is 10.1. The molecule has 1 aromatic rings. The zero-order valence-corrected chi connectivity index (χ0v) is 11.4. The van der Waals surface area contributed by atoms with E-state index in [0.29, 0.717) is 11.3 Å². The Labute approximate surface area is 111 Å². The van der Waals surface area contributed by atoms with Crippen LogP contribution in [0.3, 0.4) is 0 Å². The van der Waals surface area contributed by atoms with Crippen molar-refractivity contribution in [1.29, 1.82) is 0 Å². The van der Waals surface area contributed by atoms with Crippen LogP contribution >= 0.6 is 0 Å². The monoisotopic (exact) mass is 260 g/mol. The number of rotatable bonds is 2. The Hall–Kier alpha value is -2.17. The van der Waals surface area contributed by atoms with Gasteiger partial charge in [-0.15, -0.1) is 0 Å². The number of Topliss-reactive ketones (excluding diaryl/α,β-unsaturated/α-hetero) is 1. The van der Waals surface area contributed by atoms with Gasteiger partial charge in [-0.3, -0.25) is 9.59 Å². The molecule has 1 aliphatic rings. The lowest BCUT2D eigenvalue weighted by Gasteiger charge is -2.26. The lowest BCUT2D eigenvalue weighted by Crippen LogP contribution is -2.41. The summed E-state index contributed by atoms with van der Waals surface area (Å²) >= 11 is 0. The Kier molecular flexibility index (Phi) is 3.14. The molecule has 1 aromatic carbocycles. The fourth-order valence-electron chi connectivity index (χ4n) is 1.80. The predicted molar refractivity (Wildman–Crippen MR) is 71.1 cm³/mol. The minimum Gasteiger partial charge on any atom is -0.497 e. The zero-order chi connectivity index (χ0) is 14.2. The molecule has 0 unspecified atom stereocenters. The topological polar surface area (TPSA) is 59.0 Å². The highest BCUT2D eigenvalue weighted by molar-refractivity contribution is 6.69. The van der Waals surface area contributed by atoms with Crippen molar-refractivity contribution in [2.75, 3.05) is 7.11 Å². The number of ketones is 1. The Bertz CT molecular complexity index is 570. The van der Waals surface area contributed by atoms with Gasteiger partial charge in [0, 0.05) is 5.56 Å². The van der Waals surface area contributed by atoms with Crippen molar-refractivity contribution in [3.63, 3.8) is 0 Å². The van der Waals surface area contributed by atoms with E-state index in [9.17, 15) is 9.59 Å². The van der Waals surface area contributed by atoms with Crippen molar-refractivity contribution in [3.8, 4) is 5.75 Å². The molecule has 0 aromatic heterocycles. The number of hydrogen-bond donors (Lipinski definition) is 0.